The van der Waals surface area contributed by atoms with Crippen molar-refractivity contribution < 1.29 is 42.9 Å². The van der Waals surface area contributed by atoms with Crippen molar-refractivity contribution in [1.29, 1.82) is 0 Å². The lowest BCUT2D eigenvalue weighted by molar-refractivity contribution is 0.0922. The normalized spacial score (nSPS) is 15.1. The van der Waals surface area contributed by atoms with Crippen molar-refractivity contribution in [2.45, 2.75) is 91.7 Å². The standard InChI is InChI=1S/C48H24S6.C27H12O3.2C11H15O3PS2.C9H6O2.FH.H2/c1-4-16-28-25(13-1)37-43(40(28)46-49-31-19-7-8-20-32(31)50-46)38-27-15-3-6-18-30(27)42(48-53-35-23-11-12-24-36(35)54-48)45(38)39-26-14-2-5-17-29(26)41(44(37)39)47-51-33-21-9-10-22-34(33)52-47;28-25-16-10-4-1-7-13(16)19-22(25)20-15-9-3-6-12-18(15)27(30)24(20)21-14-8-2-5-11-17(14)26(29)23(19)21;2*1-3-13-15(12,14-4-2)11-16-9-7-5-6-8-10(9)17-11;10-8-5-9(11)7-4-2-1-3-6(7)8;;/h1-24H;1-12H;2*5-8,11H,3-4H2,1-2H3;1-4H,5H2;2*1H/i;;;;;;1+2. The van der Waals surface area contributed by atoms with Crippen LogP contribution in [0.4, 0.5) is 4.70 Å². The molecule has 9 aliphatic rings. The number of fused-ring (bicyclic) bond motifs is 30. The quantitative estimate of drug-likeness (QED) is 0.0940. The molecule has 5 heterocycles. The number of hydrogen-bond acceptors (Lipinski definition) is 21. The third-order valence-electron chi connectivity index (χ3n) is 23.7. The minimum Gasteiger partial charge on any atom is -0.307 e. The predicted octanol–water partition coefficient (Wildman–Crippen LogP) is 31.2. The fraction of sp³-hybridized carbons (Fsp3) is 0.104. The number of carbonyl (C=O) groups is 2. The molecule has 0 saturated carbocycles. The number of thioether (sulfide) groups is 10. The van der Waals surface area contributed by atoms with Gasteiger partial charge in [-0.1, -0.05) is 348 Å². The van der Waals surface area contributed by atoms with Crippen LogP contribution in [0.3, 0.4) is 0 Å². The van der Waals surface area contributed by atoms with Gasteiger partial charge >= 0.3 is 15.2 Å². The van der Waals surface area contributed by atoms with Gasteiger partial charge in [-0.3, -0.25) is 37.8 Å². The van der Waals surface area contributed by atoms with E-state index in [1.165, 1.54) is 126 Å². The van der Waals surface area contributed by atoms with Gasteiger partial charge in [0.2, 0.25) is 0 Å². The van der Waals surface area contributed by atoms with E-state index in [-0.39, 0.29) is 49.1 Å². The smallest absolute Gasteiger partial charge is 0.307 e. The molecule has 0 amide bonds. The van der Waals surface area contributed by atoms with Crippen LogP contribution in [-0.4, -0.2) is 46.6 Å². The SMILES string of the molecule is CCOP(=O)(OCC)C1Sc2ccccc2S1.CCOP(=O)(OCC)C1Sc2ccccc2S1.F.O=C1CC(=O)c2ccccc21.O=c1c2ccccc2c2c1c1c3ccccc3c(=O)c1c1c3ccccc3c(=O)c21.[3HH].c1ccc2c(c1)SC(=C1c3ccccc3-c3c1c1c(c4c3C(=C3Sc5ccccc5S3)c3ccccc3-4)C(=C3Sc4ccccc4S3)c3ccccc3-1)S2. The van der Waals surface area contributed by atoms with Gasteiger partial charge in [0.1, 0.15) is 0 Å². The molecule has 0 spiro atoms. The number of carbonyl (C=O) groups excluding carboxylic acids is 2. The minimum absolute atomic E-state index is 0. The van der Waals surface area contributed by atoms with Crippen LogP contribution in [0.1, 0.15) is 89.6 Å². The molecule has 0 N–H and O–H groups in total. The van der Waals surface area contributed by atoms with E-state index in [9.17, 15) is 33.1 Å². The van der Waals surface area contributed by atoms with Crippen molar-refractivity contribution in [1.82, 2.24) is 0 Å². The molecule has 0 radical (unpaired) electrons. The fourth-order valence-corrected chi connectivity index (χ4v) is 37.9. The van der Waals surface area contributed by atoms with E-state index in [4.69, 9.17) is 18.1 Å². The lowest BCUT2D eigenvalue weighted by atomic mass is 9.84. The summed E-state index contributed by atoms with van der Waals surface area (Å²) in [6, 6.07) is 99.7. The Hall–Kier alpha value is -9.62. The molecule has 0 fully saturated rings. The van der Waals surface area contributed by atoms with Gasteiger partial charge in [0.25, 0.3) is 0 Å². The number of rotatable bonds is 10. The molecule has 5 aliphatic heterocycles. The lowest BCUT2D eigenvalue weighted by Gasteiger charge is -2.21. The molecule has 0 atom stereocenters. The first kappa shape index (κ1) is 87.1. The third-order valence-corrected chi connectivity index (χ3v) is 43.9. The summed E-state index contributed by atoms with van der Waals surface area (Å²) in [4.78, 5) is 75.4. The Morgan fingerprint density at radius 1 is 0.254 bits per heavy atom. The zero-order chi connectivity index (χ0) is 87.7. The molecule has 130 heavy (non-hydrogen) atoms. The highest BCUT2D eigenvalue weighted by Crippen LogP contribution is 2.73. The molecule has 4 aliphatic carbocycles. The van der Waals surface area contributed by atoms with Gasteiger partial charge in [0.15, 0.2) is 36.5 Å². The highest BCUT2D eigenvalue weighted by atomic mass is 32.2. The zero-order valence-electron chi connectivity index (χ0n) is 69.8. The Morgan fingerprint density at radius 3 is 0.692 bits per heavy atom. The Kier molecular flexibility index (Phi) is 23.9. The van der Waals surface area contributed by atoms with E-state index < -0.39 is 15.2 Å². The zero-order valence-corrected chi connectivity index (χ0v) is 79.7. The number of ketones is 2. The van der Waals surface area contributed by atoms with Crippen LogP contribution in [0, 0.1) is 0 Å². The van der Waals surface area contributed by atoms with E-state index >= 15 is 0 Å². The van der Waals surface area contributed by atoms with Crippen LogP contribution >= 0.6 is 133 Å². The maximum atomic E-state index is 13.5. The average Bonchev–Trinajstić information content (AvgIpc) is 1.50. The van der Waals surface area contributed by atoms with E-state index in [2.05, 4.69) is 146 Å². The second-order valence-electron chi connectivity index (χ2n) is 31.0. The van der Waals surface area contributed by atoms with Crippen molar-refractivity contribution in [3.63, 3.8) is 0 Å². The number of halogens is 1. The Morgan fingerprint density at radius 2 is 0.454 bits per heavy atom. The van der Waals surface area contributed by atoms with Crippen LogP contribution in [0.5, 0.6) is 0 Å². The molecule has 17 aromatic rings. The Balaban J connectivity index is 0.000000116. The second kappa shape index (κ2) is 35.7. The second-order valence-corrected chi connectivity index (χ2v) is 48.9. The summed E-state index contributed by atoms with van der Waals surface area (Å²) in [6.07, 6.45) is 0.0549. The summed E-state index contributed by atoms with van der Waals surface area (Å²) in [5, 5.41) is 7.58. The summed E-state index contributed by atoms with van der Waals surface area (Å²) in [5.41, 5.74) is 21.4. The summed E-state index contributed by atoms with van der Waals surface area (Å²) < 4.78 is 50.5. The largest absolute Gasteiger partial charge is 0.354 e. The first-order valence-corrected chi connectivity index (χ1v) is 53.9. The van der Waals surface area contributed by atoms with Gasteiger partial charge in [0.05, 0.1) is 45.6 Å². The maximum absolute atomic E-state index is 13.5. The monoisotopic (exact) mass is 1930 g/mol. The topological polar surface area (TPSA) is 156 Å². The molecule has 26 rings (SSSR count). The van der Waals surface area contributed by atoms with E-state index in [1.807, 2.05) is 201 Å². The van der Waals surface area contributed by atoms with Crippen LogP contribution in [-0.2, 0) is 27.2 Å². The Labute approximate surface area is 792 Å². The maximum Gasteiger partial charge on any atom is 0.354 e. The highest BCUT2D eigenvalue weighted by Gasteiger charge is 2.48. The first-order chi connectivity index (χ1) is 63.2. The van der Waals surface area contributed by atoms with Crippen molar-refractivity contribution in [3.05, 3.63) is 379 Å². The first-order valence-electron chi connectivity index (χ1n) is 42.2. The number of hydrogen-bond donors (Lipinski definition) is 0. The molecule has 24 heteroatoms. The molecule has 0 bridgehead atoms. The molecular weight excluding hydrogens is 1850 g/mol. The van der Waals surface area contributed by atoms with E-state index in [0.29, 0.717) is 86.0 Å². The van der Waals surface area contributed by atoms with Crippen LogP contribution < -0.4 is 16.3 Å². The van der Waals surface area contributed by atoms with Gasteiger partial charge in [-0.25, -0.2) is 0 Å². The fourth-order valence-electron chi connectivity index (χ4n) is 18.6. The van der Waals surface area contributed by atoms with Crippen LogP contribution in [0.15, 0.2) is 367 Å². The number of benzene rings is 14. The molecule has 0 saturated heterocycles. The van der Waals surface area contributed by atoms with Crippen molar-refractivity contribution in [2.24, 2.45) is 0 Å². The molecule has 642 valence electrons. The number of Topliss-reactive ketones (excluding diaryl/α,β-unsaturated/α-hetero) is 2. The highest BCUT2D eigenvalue weighted by molar-refractivity contribution is 8.27. The van der Waals surface area contributed by atoms with Crippen molar-refractivity contribution in [3.8, 4) is 33.4 Å². The van der Waals surface area contributed by atoms with Crippen molar-refractivity contribution >= 4 is 226 Å². The van der Waals surface area contributed by atoms with Gasteiger partial charge < -0.3 is 18.1 Å². The van der Waals surface area contributed by atoms with E-state index in [1.54, 1.807) is 89.5 Å². The van der Waals surface area contributed by atoms with Gasteiger partial charge in [0, 0.05) is 143 Å². The minimum atomic E-state index is -3.02. The summed E-state index contributed by atoms with van der Waals surface area (Å²) >= 11 is 18.0. The van der Waals surface area contributed by atoms with Gasteiger partial charge in [-0.15, -0.1) is 0 Å². The summed E-state index contributed by atoms with van der Waals surface area (Å²) in [7, 11) is -6.05. The Bertz CT molecular complexity index is 7200. The third kappa shape index (κ3) is 14.6. The molecule has 17 aromatic carbocycles. The average molecular weight is 1930 g/mol. The molecule has 0 aromatic heterocycles. The predicted molar refractivity (Wildman–Crippen MR) is 549 cm³/mol. The van der Waals surface area contributed by atoms with Gasteiger partial charge in [-0.2, -0.15) is 0 Å². The van der Waals surface area contributed by atoms with Gasteiger partial charge in [-0.05, 0) is 155 Å². The molecule has 11 nitrogen and oxygen atoms in total. The lowest BCUT2D eigenvalue weighted by Crippen LogP contribution is -2.04. The molecular formula is C106H75FO11P2S10. The summed E-state index contributed by atoms with van der Waals surface area (Å²) in [6.45, 7) is 8.98. The van der Waals surface area contributed by atoms with E-state index in [0.717, 1.165) is 35.7 Å². The summed E-state index contributed by atoms with van der Waals surface area (Å²) in [5.74, 6) is -0.101. The van der Waals surface area contributed by atoms with Crippen LogP contribution in [0.25, 0.3) is 115 Å². The van der Waals surface area contributed by atoms with Crippen LogP contribution in [0.2, 0.25) is 0 Å². The molecule has 0 unspecified atom stereocenters. The van der Waals surface area contributed by atoms with Crippen molar-refractivity contribution in [2.75, 3.05) is 26.4 Å².